The molecule has 136 valence electrons. The quantitative estimate of drug-likeness (QED) is 0.847. The van der Waals surface area contributed by atoms with E-state index in [4.69, 9.17) is 16.3 Å². The van der Waals surface area contributed by atoms with Crippen molar-refractivity contribution in [3.05, 3.63) is 40.7 Å². The molecule has 1 atom stereocenters. The van der Waals surface area contributed by atoms with E-state index in [-0.39, 0.29) is 11.1 Å². The van der Waals surface area contributed by atoms with Gasteiger partial charge in [0.2, 0.25) is 0 Å². The Morgan fingerprint density at radius 1 is 1.44 bits per heavy atom. The summed E-state index contributed by atoms with van der Waals surface area (Å²) in [4.78, 5) is 6.76. The minimum atomic E-state index is -0.467. The van der Waals surface area contributed by atoms with Crippen LogP contribution in [0, 0.1) is 5.82 Å². The van der Waals surface area contributed by atoms with Gasteiger partial charge >= 0.3 is 0 Å². The van der Waals surface area contributed by atoms with Gasteiger partial charge in [-0.2, -0.15) is 5.10 Å². The van der Waals surface area contributed by atoms with E-state index >= 15 is 0 Å². The van der Waals surface area contributed by atoms with E-state index in [2.05, 4.69) is 15.0 Å². The van der Waals surface area contributed by atoms with Crippen molar-refractivity contribution < 1.29 is 14.2 Å². The summed E-state index contributed by atoms with van der Waals surface area (Å²) in [6, 6.07) is 4.49. The first-order valence-corrected chi connectivity index (χ1v) is 8.74. The second-order valence-electron chi connectivity index (χ2n) is 6.23. The summed E-state index contributed by atoms with van der Waals surface area (Å²) in [7, 11) is 1.63. The van der Waals surface area contributed by atoms with E-state index < -0.39 is 5.82 Å². The maximum atomic E-state index is 13.5. The summed E-state index contributed by atoms with van der Waals surface area (Å²) >= 11 is 5.92. The Labute approximate surface area is 151 Å². The zero-order valence-corrected chi connectivity index (χ0v) is 14.9. The third-order valence-corrected chi connectivity index (χ3v) is 4.53. The van der Waals surface area contributed by atoms with Crippen LogP contribution in [0.2, 0.25) is 5.02 Å². The van der Waals surface area contributed by atoms with E-state index in [1.54, 1.807) is 23.9 Å². The van der Waals surface area contributed by atoms with Crippen LogP contribution in [0.4, 0.5) is 4.39 Å². The highest BCUT2D eigenvalue weighted by Gasteiger charge is 2.21. The van der Waals surface area contributed by atoms with Gasteiger partial charge in [0.15, 0.2) is 5.82 Å². The number of piperidine rings is 1. The highest BCUT2D eigenvalue weighted by atomic mass is 35.5. The third kappa shape index (κ3) is 4.55. The maximum absolute atomic E-state index is 13.5. The standard InChI is InChI=1S/C17H22ClFN4O2/c1-25-8-6-16-20-17(11-22-7-2-3-13(24)10-22)23(21-16)12-4-5-15(19)14(18)9-12/h4-5,9,13,24H,2-3,6-8,10-11H2,1H3/t13-/m0/s1. The Kier molecular flexibility index (Phi) is 6.01. The lowest BCUT2D eigenvalue weighted by Crippen LogP contribution is -2.38. The number of hydrogen-bond donors (Lipinski definition) is 1. The van der Waals surface area contributed by atoms with Crippen molar-refractivity contribution in [3.63, 3.8) is 0 Å². The zero-order valence-electron chi connectivity index (χ0n) is 14.2. The van der Waals surface area contributed by atoms with Gasteiger partial charge in [0.25, 0.3) is 0 Å². The number of aromatic nitrogens is 3. The average molecular weight is 369 g/mol. The monoisotopic (exact) mass is 368 g/mol. The van der Waals surface area contributed by atoms with Gasteiger partial charge in [-0.3, -0.25) is 4.90 Å². The fourth-order valence-corrected chi connectivity index (χ4v) is 3.17. The van der Waals surface area contributed by atoms with Crippen LogP contribution in [-0.2, 0) is 17.7 Å². The minimum absolute atomic E-state index is 0.0470. The molecular weight excluding hydrogens is 347 g/mol. The molecule has 0 saturated carbocycles. The van der Waals surface area contributed by atoms with Crippen LogP contribution in [0.1, 0.15) is 24.5 Å². The Balaban J connectivity index is 1.88. The Hall–Kier alpha value is -1.54. The lowest BCUT2D eigenvalue weighted by Gasteiger charge is -2.29. The molecule has 8 heteroatoms. The van der Waals surface area contributed by atoms with Crippen LogP contribution >= 0.6 is 11.6 Å². The summed E-state index contributed by atoms with van der Waals surface area (Å²) in [5, 5.41) is 14.4. The van der Waals surface area contributed by atoms with Gasteiger partial charge in [0.1, 0.15) is 11.6 Å². The molecule has 1 N–H and O–H groups in total. The van der Waals surface area contributed by atoms with Gasteiger partial charge in [0, 0.05) is 20.1 Å². The zero-order chi connectivity index (χ0) is 17.8. The molecule has 1 fully saturated rings. The van der Waals surface area contributed by atoms with Gasteiger partial charge in [0.05, 0.1) is 30.0 Å². The first-order chi connectivity index (χ1) is 12.1. The van der Waals surface area contributed by atoms with Gasteiger partial charge in [-0.25, -0.2) is 14.1 Å². The number of methoxy groups -OCH3 is 1. The van der Waals surface area contributed by atoms with Crippen molar-refractivity contribution in [3.8, 4) is 5.69 Å². The first-order valence-electron chi connectivity index (χ1n) is 8.36. The highest BCUT2D eigenvalue weighted by Crippen LogP contribution is 2.21. The molecule has 0 bridgehead atoms. The van der Waals surface area contributed by atoms with E-state index in [0.29, 0.717) is 37.6 Å². The number of rotatable bonds is 6. The van der Waals surface area contributed by atoms with E-state index in [9.17, 15) is 9.50 Å². The summed E-state index contributed by atoms with van der Waals surface area (Å²) in [6.07, 6.45) is 2.07. The highest BCUT2D eigenvalue weighted by molar-refractivity contribution is 6.30. The van der Waals surface area contributed by atoms with Crippen molar-refractivity contribution >= 4 is 11.6 Å². The van der Waals surface area contributed by atoms with E-state index in [1.165, 1.54) is 6.07 Å². The van der Waals surface area contributed by atoms with Crippen LogP contribution in [0.3, 0.4) is 0 Å². The number of likely N-dealkylation sites (tertiary alicyclic amines) is 1. The SMILES string of the molecule is COCCc1nc(CN2CCC[C@H](O)C2)n(-c2ccc(F)c(Cl)c2)n1. The number of nitrogens with zero attached hydrogens (tertiary/aromatic N) is 4. The molecule has 6 nitrogen and oxygen atoms in total. The van der Waals surface area contributed by atoms with Gasteiger partial charge in [-0.05, 0) is 37.6 Å². The van der Waals surface area contributed by atoms with Crippen LogP contribution < -0.4 is 0 Å². The maximum Gasteiger partial charge on any atom is 0.153 e. The van der Waals surface area contributed by atoms with Gasteiger partial charge in [-0.15, -0.1) is 0 Å². The lowest BCUT2D eigenvalue weighted by molar-refractivity contribution is 0.0651. The van der Waals surface area contributed by atoms with Crippen LogP contribution in [0.25, 0.3) is 5.69 Å². The minimum Gasteiger partial charge on any atom is -0.392 e. The molecule has 1 aliphatic rings. The van der Waals surface area contributed by atoms with Crippen molar-refractivity contribution in [2.75, 3.05) is 26.8 Å². The number of halogens is 2. The molecule has 0 unspecified atom stereocenters. The first kappa shape index (κ1) is 18.3. The lowest BCUT2D eigenvalue weighted by atomic mass is 10.1. The van der Waals surface area contributed by atoms with Crippen LogP contribution in [0.15, 0.2) is 18.2 Å². The molecule has 0 spiro atoms. The van der Waals surface area contributed by atoms with Crippen molar-refractivity contribution in [1.29, 1.82) is 0 Å². The molecule has 1 aliphatic heterocycles. The fraction of sp³-hybridized carbons (Fsp3) is 0.529. The molecule has 0 radical (unpaired) electrons. The van der Waals surface area contributed by atoms with Crippen LogP contribution in [-0.4, -0.2) is 57.7 Å². The average Bonchev–Trinajstić information content (AvgIpc) is 2.98. The number of hydrogen-bond acceptors (Lipinski definition) is 5. The molecule has 2 aromatic rings. The second kappa shape index (κ2) is 8.23. The predicted octanol–water partition coefficient (Wildman–Crippen LogP) is 2.21. The van der Waals surface area contributed by atoms with Crippen LogP contribution in [0.5, 0.6) is 0 Å². The fourth-order valence-electron chi connectivity index (χ4n) is 2.99. The summed E-state index contributed by atoms with van der Waals surface area (Å²) in [5.41, 5.74) is 0.662. The molecule has 1 aromatic carbocycles. The third-order valence-electron chi connectivity index (χ3n) is 4.24. The van der Waals surface area contributed by atoms with Crippen molar-refractivity contribution in [1.82, 2.24) is 19.7 Å². The molecule has 0 amide bonds. The summed E-state index contributed by atoms with van der Waals surface area (Å²) in [6.45, 7) is 2.61. The molecule has 3 rings (SSSR count). The second-order valence-corrected chi connectivity index (χ2v) is 6.64. The van der Waals surface area contributed by atoms with Crippen molar-refractivity contribution in [2.45, 2.75) is 31.9 Å². The summed E-state index contributed by atoms with van der Waals surface area (Å²) in [5.74, 6) is 0.934. The smallest absolute Gasteiger partial charge is 0.153 e. The normalized spacial score (nSPS) is 18.6. The predicted molar refractivity (Wildman–Crippen MR) is 92.4 cm³/mol. The number of ether oxygens (including phenoxy) is 1. The summed E-state index contributed by atoms with van der Waals surface area (Å²) < 4.78 is 20.3. The molecule has 2 heterocycles. The Morgan fingerprint density at radius 3 is 3.00 bits per heavy atom. The topological polar surface area (TPSA) is 63.4 Å². The number of aliphatic hydroxyl groups excluding tert-OH is 1. The van der Waals surface area contributed by atoms with E-state index in [0.717, 1.165) is 25.2 Å². The van der Waals surface area contributed by atoms with E-state index in [1.807, 2.05) is 0 Å². The van der Waals surface area contributed by atoms with Gasteiger partial charge in [-0.1, -0.05) is 11.6 Å². The molecule has 1 saturated heterocycles. The number of benzene rings is 1. The molecular formula is C17H22ClFN4O2. The number of β-amino-alcohol motifs (C(OH)–C–C–N with tert-alkyl or cyclic N) is 1. The molecule has 25 heavy (non-hydrogen) atoms. The largest absolute Gasteiger partial charge is 0.392 e. The Morgan fingerprint density at radius 2 is 2.28 bits per heavy atom. The van der Waals surface area contributed by atoms with Crippen molar-refractivity contribution in [2.24, 2.45) is 0 Å². The Bertz CT molecular complexity index is 725. The molecule has 1 aromatic heterocycles. The number of aliphatic hydroxyl groups is 1. The van der Waals surface area contributed by atoms with Gasteiger partial charge < -0.3 is 9.84 Å². The molecule has 0 aliphatic carbocycles.